The van der Waals surface area contributed by atoms with E-state index in [2.05, 4.69) is 35.2 Å². The van der Waals surface area contributed by atoms with Crippen molar-refractivity contribution in [2.45, 2.75) is 40.5 Å². The van der Waals surface area contributed by atoms with Crippen molar-refractivity contribution in [3.05, 3.63) is 63.9 Å². The first kappa shape index (κ1) is 19.3. The van der Waals surface area contributed by atoms with Gasteiger partial charge in [-0.15, -0.1) is 11.3 Å². The van der Waals surface area contributed by atoms with Gasteiger partial charge in [-0.2, -0.15) is 0 Å². The van der Waals surface area contributed by atoms with Crippen molar-refractivity contribution in [1.82, 2.24) is 9.97 Å². The van der Waals surface area contributed by atoms with Gasteiger partial charge < -0.3 is 9.73 Å². The number of fused-ring (bicyclic) bond motifs is 1. The molecule has 1 aromatic carbocycles. The number of benzene rings is 1. The lowest BCUT2D eigenvalue weighted by molar-refractivity contribution is 0.103. The largest absolute Gasteiger partial charge is 0.461 e. The zero-order valence-electron chi connectivity index (χ0n) is 17.2. The van der Waals surface area contributed by atoms with E-state index in [-0.39, 0.29) is 5.91 Å². The highest BCUT2D eigenvalue weighted by molar-refractivity contribution is 7.20. The number of para-hydroxylation sites is 1. The maximum absolute atomic E-state index is 13.2. The Labute approximate surface area is 173 Å². The van der Waals surface area contributed by atoms with Crippen LogP contribution in [0.2, 0.25) is 0 Å². The number of rotatable bonds is 4. The zero-order valence-corrected chi connectivity index (χ0v) is 18.0. The minimum Gasteiger partial charge on any atom is -0.461 e. The molecule has 0 radical (unpaired) electrons. The summed E-state index contributed by atoms with van der Waals surface area (Å²) in [5.41, 5.74) is 4.83. The van der Waals surface area contributed by atoms with E-state index < -0.39 is 0 Å². The van der Waals surface area contributed by atoms with Crippen LogP contribution in [-0.2, 0) is 0 Å². The molecule has 4 aromatic rings. The summed E-state index contributed by atoms with van der Waals surface area (Å²) in [5, 5.41) is 4.08. The maximum Gasteiger partial charge on any atom is 0.266 e. The van der Waals surface area contributed by atoms with Crippen molar-refractivity contribution in [2.24, 2.45) is 0 Å². The molecular weight excluding hydrogens is 382 g/mol. The van der Waals surface area contributed by atoms with Crippen molar-refractivity contribution < 1.29 is 9.21 Å². The van der Waals surface area contributed by atoms with Gasteiger partial charge in [0.2, 0.25) is 0 Å². The molecule has 0 aliphatic carbocycles. The highest BCUT2D eigenvalue weighted by atomic mass is 32.1. The maximum atomic E-state index is 13.2. The highest BCUT2D eigenvalue weighted by Crippen LogP contribution is 2.34. The van der Waals surface area contributed by atoms with Crippen LogP contribution in [0, 0.1) is 20.8 Å². The molecular formula is C23H23N3O2S. The van der Waals surface area contributed by atoms with Crippen molar-refractivity contribution in [3.63, 3.8) is 0 Å². The van der Waals surface area contributed by atoms with Gasteiger partial charge in [0.25, 0.3) is 5.91 Å². The van der Waals surface area contributed by atoms with Gasteiger partial charge in [-0.3, -0.25) is 4.79 Å². The van der Waals surface area contributed by atoms with Crippen molar-refractivity contribution in [2.75, 3.05) is 5.32 Å². The van der Waals surface area contributed by atoms with Crippen LogP contribution in [0.15, 0.2) is 41.0 Å². The molecule has 0 saturated carbocycles. The third kappa shape index (κ3) is 3.44. The van der Waals surface area contributed by atoms with Gasteiger partial charge in [0, 0.05) is 11.1 Å². The lowest BCUT2D eigenvalue weighted by Crippen LogP contribution is -2.14. The lowest BCUT2D eigenvalue weighted by Gasteiger charge is -2.16. The van der Waals surface area contributed by atoms with Crippen LogP contribution in [0.25, 0.3) is 21.8 Å². The number of thiophene rings is 1. The molecule has 3 heterocycles. The lowest BCUT2D eigenvalue weighted by atomic mass is 9.98. The van der Waals surface area contributed by atoms with Gasteiger partial charge >= 0.3 is 0 Å². The van der Waals surface area contributed by atoms with Gasteiger partial charge in [-0.25, -0.2) is 9.97 Å². The zero-order chi connectivity index (χ0) is 20.7. The number of aryl methyl sites for hydroxylation is 3. The van der Waals surface area contributed by atoms with Gasteiger partial charge in [0.05, 0.1) is 16.8 Å². The van der Waals surface area contributed by atoms with Crippen LogP contribution in [0.5, 0.6) is 0 Å². The topological polar surface area (TPSA) is 68.0 Å². The number of carbonyl (C=O) groups is 1. The van der Waals surface area contributed by atoms with E-state index in [9.17, 15) is 4.79 Å². The molecule has 1 amide bonds. The molecule has 0 fully saturated rings. The van der Waals surface area contributed by atoms with Crippen LogP contribution in [0.1, 0.15) is 51.8 Å². The molecule has 0 bridgehead atoms. The summed E-state index contributed by atoms with van der Waals surface area (Å²) in [6.45, 7) is 10.2. The molecule has 5 nitrogen and oxygen atoms in total. The number of nitrogens with one attached hydrogen (secondary N) is 1. The molecule has 0 aliphatic rings. The van der Waals surface area contributed by atoms with Crippen LogP contribution in [0.3, 0.4) is 0 Å². The molecule has 3 aromatic heterocycles. The average molecular weight is 406 g/mol. The second kappa shape index (κ2) is 7.44. The van der Waals surface area contributed by atoms with Gasteiger partial charge in [0.15, 0.2) is 11.6 Å². The molecule has 6 heteroatoms. The first-order valence-electron chi connectivity index (χ1n) is 9.59. The predicted molar refractivity (Wildman–Crippen MR) is 118 cm³/mol. The molecule has 4 rings (SSSR count). The Bertz CT molecular complexity index is 1210. The number of nitrogens with zero attached hydrogens (tertiary/aromatic N) is 2. The van der Waals surface area contributed by atoms with Crippen molar-refractivity contribution in [1.29, 1.82) is 0 Å². The smallest absolute Gasteiger partial charge is 0.266 e. The van der Waals surface area contributed by atoms with Crippen LogP contribution in [0.4, 0.5) is 5.69 Å². The Morgan fingerprint density at radius 3 is 2.59 bits per heavy atom. The number of hydrogen-bond donors (Lipinski definition) is 1. The molecule has 0 atom stereocenters. The second-order valence-corrected chi connectivity index (χ2v) is 8.49. The van der Waals surface area contributed by atoms with Crippen molar-refractivity contribution in [3.8, 4) is 11.6 Å². The summed E-state index contributed by atoms with van der Waals surface area (Å²) in [6, 6.07) is 9.76. The molecule has 0 unspecified atom stereocenters. The summed E-state index contributed by atoms with van der Waals surface area (Å²) in [4.78, 5) is 23.9. The number of aromatic nitrogens is 2. The summed E-state index contributed by atoms with van der Waals surface area (Å²) in [6.07, 6.45) is 1.60. The Kier molecular flexibility index (Phi) is 4.96. The highest BCUT2D eigenvalue weighted by Gasteiger charge is 2.21. The first-order chi connectivity index (χ1) is 13.9. The number of anilines is 1. The SMILES string of the molecule is Cc1cccc(C(C)C)c1NC(=O)c1sc2nc(-c3ccco3)nc(C)c2c1C. The van der Waals surface area contributed by atoms with E-state index >= 15 is 0 Å². The third-order valence-corrected chi connectivity index (χ3v) is 6.27. The van der Waals surface area contributed by atoms with Gasteiger partial charge in [-0.05, 0) is 55.5 Å². The molecule has 148 valence electrons. The number of hydrogen-bond acceptors (Lipinski definition) is 5. The molecule has 0 aliphatic heterocycles. The Morgan fingerprint density at radius 2 is 1.90 bits per heavy atom. The minimum atomic E-state index is -0.111. The fourth-order valence-corrected chi connectivity index (χ4v) is 4.71. The quantitative estimate of drug-likeness (QED) is 0.435. The predicted octanol–water partition coefficient (Wildman–Crippen LogP) is 6.25. The van der Waals surface area contributed by atoms with E-state index in [1.54, 1.807) is 6.26 Å². The fraction of sp³-hybridized carbons (Fsp3) is 0.261. The van der Waals surface area contributed by atoms with E-state index in [4.69, 9.17) is 4.42 Å². The number of amides is 1. The molecule has 29 heavy (non-hydrogen) atoms. The molecule has 0 saturated heterocycles. The summed E-state index contributed by atoms with van der Waals surface area (Å²) in [7, 11) is 0. The number of furan rings is 1. The molecule has 0 spiro atoms. The van der Waals surface area contributed by atoms with Crippen molar-refractivity contribution >= 4 is 33.1 Å². The monoisotopic (exact) mass is 405 g/mol. The Balaban J connectivity index is 1.76. The van der Waals surface area contributed by atoms with E-state index in [0.29, 0.717) is 22.4 Å². The van der Waals surface area contributed by atoms with E-state index in [1.165, 1.54) is 11.3 Å². The summed E-state index contributed by atoms with van der Waals surface area (Å²) >= 11 is 1.39. The Morgan fingerprint density at radius 1 is 1.10 bits per heavy atom. The van der Waals surface area contributed by atoms with E-state index in [1.807, 2.05) is 45.0 Å². The Hall–Kier alpha value is -2.99. The van der Waals surface area contributed by atoms with E-state index in [0.717, 1.165) is 38.3 Å². The first-order valence-corrected chi connectivity index (χ1v) is 10.4. The summed E-state index contributed by atoms with van der Waals surface area (Å²) in [5.74, 6) is 1.36. The average Bonchev–Trinajstić information content (AvgIpc) is 3.31. The minimum absolute atomic E-state index is 0.111. The standard InChI is InChI=1S/C23H23N3O2S/c1-12(2)16-9-6-8-13(3)19(16)25-22(27)20-14(4)18-15(5)24-21(26-23(18)29-20)17-10-7-11-28-17/h6-12H,1-5H3,(H,25,27). The fourth-order valence-electron chi connectivity index (χ4n) is 3.58. The van der Waals surface area contributed by atoms with Gasteiger partial charge in [-0.1, -0.05) is 32.0 Å². The third-order valence-electron chi connectivity index (χ3n) is 5.08. The van der Waals surface area contributed by atoms with Crippen LogP contribution in [-0.4, -0.2) is 15.9 Å². The van der Waals surface area contributed by atoms with Gasteiger partial charge in [0.1, 0.15) is 4.83 Å². The summed E-state index contributed by atoms with van der Waals surface area (Å²) < 4.78 is 5.44. The van der Waals surface area contributed by atoms with Crippen LogP contribution < -0.4 is 5.32 Å². The number of carbonyl (C=O) groups excluding carboxylic acids is 1. The second-order valence-electron chi connectivity index (χ2n) is 7.49. The normalized spacial score (nSPS) is 11.4. The molecule has 1 N–H and O–H groups in total. The van der Waals surface area contributed by atoms with Crippen LogP contribution >= 0.6 is 11.3 Å².